The summed E-state index contributed by atoms with van der Waals surface area (Å²) in [5, 5.41) is 3.12. The summed E-state index contributed by atoms with van der Waals surface area (Å²) in [6.45, 7) is 3.72. The van der Waals surface area contributed by atoms with Gasteiger partial charge in [-0.2, -0.15) is 0 Å². The summed E-state index contributed by atoms with van der Waals surface area (Å²) in [7, 11) is 0. The van der Waals surface area contributed by atoms with Gasteiger partial charge in [0.15, 0.2) is 0 Å². The van der Waals surface area contributed by atoms with Gasteiger partial charge in [0.2, 0.25) is 0 Å². The third kappa shape index (κ3) is 2.69. The van der Waals surface area contributed by atoms with E-state index in [1.807, 2.05) is 18.2 Å². The molecule has 0 aliphatic heterocycles. The van der Waals surface area contributed by atoms with Gasteiger partial charge < -0.3 is 5.32 Å². The molecule has 0 spiro atoms. The zero-order chi connectivity index (χ0) is 12.1. The Kier molecular flexibility index (Phi) is 3.50. The Labute approximate surface area is 99.8 Å². The zero-order valence-corrected chi connectivity index (χ0v) is 9.31. The molecule has 1 N–H and O–H groups in total. The van der Waals surface area contributed by atoms with Crippen LogP contribution in [0.1, 0.15) is 11.6 Å². The van der Waals surface area contributed by atoms with Gasteiger partial charge in [-0.3, -0.25) is 0 Å². The van der Waals surface area contributed by atoms with Crippen LogP contribution in [-0.2, 0) is 0 Å². The van der Waals surface area contributed by atoms with Crippen molar-refractivity contribution in [3.05, 3.63) is 72.7 Å². The van der Waals surface area contributed by atoms with Gasteiger partial charge in [0.1, 0.15) is 11.6 Å². The third-order valence-corrected chi connectivity index (χ3v) is 2.44. The van der Waals surface area contributed by atoms with Gasteiger partial charge in [0, 0.05) is 11.8 Å². The molecule has 1 atom stereocenters. The summed E-state index contributed by atoms with van der Waals surface area (Å²) in [6, 6.07) is 11.9. The molecule has 0 bridgehead atoms. The van der Waals surface area contributed by atoms with E-state index in [1.54, 1.807) is 30.5 Å². The largest absolute Gasteiger partial charge is 0.360 e. The van der Waals surface area contributed by atoms with Crippen molar-refractivity contribution in [1.82, 2.24) is 4.98 Å². The summed E-state index contributed by atoms with van der Waals surface area (Å²) in [5.74, 6) is 0.446. The first-order chi connectivity index (χ1) is 8.31. The summed E-state index contributed by atoms with van der Waals surface area (Å²) in [4.78, 5) is 4.14. The number of aromatic nitrogens is 1. The quantitative estimate of drug-likeness (QED) is 0.809. The molecule has 0 aliphatic rings. The van der Waals surface area contributed by atoms with Gasteiger partial charge >= 0.3 is 0 Å². The molecule has 0 saturated carbocycles. The van der Waals surface area contributed by atoms with Crippen LogP contribution in [0.15, 0.2) is 61.3 Å². The lowest BCUT2D eigenvalue weighted by molar-refractivity contribution is 0.606. The van der Waals surface area contributed by atoms with Gasteiger partial charge in [0.25, 0.3) is 0 Å². The minimum atomic E-state index is -0.286. The number of nitrogens with one attached hydrogen (secondary N) is 1. The average molecular weight is 228 g/mol. The maximum Gasteiger partial charge on any atom is 0.128 e. The van der Waals surface area contributed by atoms with Gasteiger partial charge in [0.05, 0.1) is 6.04 Å². The van der Waals surface area contributed by atoms with E-state index in [2.05, 4.69) is 16.9 Å². The Morgan fingerprint density at radius 2 is 1.94 bits per heavy atom. The number of rotatable bonds is 4. The predicted octanol–water partition coefficient (Wildman–Crippen LogP) is 3.56. The van der Waals surface area contributed by atoms with Crippen molar-refractivity contribution in [2.45, 2.75) is 6.04 Å². The van der Waals surface area contributed by atoms with E-state index >= 15 is 0 Å². The molecule has 0 aliphatic carbocycles. The second kappa shape index (κ2) is 5.25. The Morgan fingerprint density at radius 1 is 1.18 bits per heavy atom. The average Bonchev–Trinajstić information content (AvgIpc) is 2.38. The monoisotopic (exact) mass is 228 g/mol. The summed E-state index contributed by atoms with van der Waals surface area (Å²) in [6.07, 6.45) is 3.34. The number of nitrogens with zero attached hydrogens (tertiary/aromatic N) is 1. The number of hydrogen-bond donors (Lipinski definition) is 1. The standard InChI is InChI=1S/C14H13FN2/c1-2-13(11-7-3-4-8-12(11)15)17-14-9-5-6-10-16-14/h2-10,13H,1H2,(H,16,17). The molecule has 1 aromatic carbocycles. The molecule has 1 heterocycles. The molecule has 0 saturated heterocycles. The minimum Gasteiger partial charge on any atom is -0.360 e. The molecule has 1 unspecified atom stereocenters. The molecule has 2 rings (SSSR count). The van der Waals surface area contributed by atoms with Gasteiger partial charge in [-0.25, -0.2) is 9.37 Å². The van der Waals surface area contributed by atoms with Crippen LogP contribution in [-0.4, -0.2) is 4.98 Å². The summed E-state index contributed by atoms with van der Waals surface area (Å²) < 4.78 is 13.6. The van der Waals surface area contributed by atoms with E-state index < -0.39 is 0 Å². The summed E-state index contributed by atoms with van der Waals surface area (Å²) in [5.41, 5.74) is 0.563. The molecule has 2 aromatic rings. The van der Waals surface area contributed by atoms with Crippen LogP contribution < -0.4 is 5.32 Å². The Bertz CT molecular complexity index is 497. The smallest absolute Gasteiger partial charge is 0.128 e. The lowest BCUT2D eigenvalue weighted by atomic mass is 10.1. The van der Waals surface area contributed by atoms with Gasteiger partial charge in [-0.15, -0.1) is 6.58 Å². The van der Waals surface area contributed by atoms with Crippen molar-refractivity contribution in [3.8, 4) is 0 Å². The maximum absolute atomic E-state index is 13.6. The number of halogens is 1. The number of benzene rings is 1. The molecular weight excluding hydrogens is 215 g/mol. The lowest BCUT2D eigenvalue weighted by Crippen LogP contribution is -2.10. The van der Waals surface area contributed by atoms with Crippen LogP contribution in [0, 0.1) is 5.82 Å². The molecular formula is C14H13FN2. The SMILES string of the molecule is C=CC(Nc1ccccn1)c1ccccc1F. The fraction of sp³-hybridized carbons (Fsp3) is 0.0714. The third-order valence-electron chi connectivity index (χ3n) is 2.44. The number of anilines is 1. The maximum atomic E-state index is 13.6. The van der Waals surface area contributed by atoms with Gasteiger partial charge in [-0.05, 0) is 18.2 Å². The Balaban J connectivity index is 2.24. The second-order valence-electron chi connectivity index (χ2n) is 3.59. The fourth-order valence-corrected chi connectivity index (χ4v) is 1.60. The molecule has 3 heteroatoms. The van der Waals surface area contributed by atoms with E-state index in [1.165, 1.54) is 6.07 Å². The first-order valence-electron chi connectivity index (χ1n) is 5.36. The molecule has 1 aromatic heterocycles. The molecule has 17 heavy (non-hydrogen) atoms. The number of hydrogen-bond acceptors (Lipinski definition) is 2. The van der Waals surface area contributed by atoms with Gasteiger partial charge in [-0.1, -0.05) is 30.3 Å². The van der Waals surface area contributed by atoms with Crippen LogP contribution in [0.25, 0.3) is 0 Å². The zero-order valence-electron chi connectivity index (χ0n) is 9.31. The Morgan fingerprint density at radius 3 is 2.59 bits per heavy atom. The van der Waals surface area contributed by atoms with Crippen LogP contribution in [0.4, 0.5) is 10.2 Å². The second-order valence-corrected chi connectivity index (χ2v) is 3.59. The highest BCUT2D eigenvalue weighted by atomic mass is 19.1. The highest BCUT2D eigenvalue weighted by molar-refractivity contribution is 5.40. The predicted molar refractivity (Wildman–Crippen MR) is 67.2 cm³/mol. The van der Waals surface area contributed by atoms with Crippen LogP contribution in [0.3, 0.4) is 0 Å². The van der Waals surface area contributed by atoms with E-state index in [0.717, 1.165) is 0 Å². The van der Waals surface area contributed by atoms with Crippen LogP contribution in [0.2, 0.25) is 0 Å². The van der Waals surface area contributed by atoms with Crippen molar-refractivity contribution < 1.29 is 4.39 Å². The first-order valence-corrected chi connectivity index (χ1v) is 5.36. The first kappa shape index (κ1) is 11.3. The lowest BCUT2D eigenvalue weighted by Gasteiger charge is -2.16. The molecule has 0 amide bonds. The molecule has 86 valence electrons. The van der Waals surface area contributed by atoms with Crippen molar-refractivity contribution in [2.75, 3.05) is 5.32 Å². The fourth-order valence-electron chi connectivity index (χ4n) is 1.60. The van der Waals surface area contributed by atoms with Crippen molar-refractivity contribution in [1.29, 1.82) is 0 Å². The normalized spacial score (nSPS) is 11.8. The molecule has 0 radical (unpaired) electrons. The minimum absolute atomic E-state index is 0.249. The van der Waals surface area contributed by atoms with Crippen molar-refractivity contribution >= 4 is 5.82 Å². The van der Waals surface area contributed by atoms with E-state index in [4.69, 9.17) is 0 Å². The topological polar surface area (TPSA) is 24.9 Å². The highest BCUT2D eigenvalue weighted by Gasteiger charge is 2.11. The van der Waals surface area contributed by atoms with Crippen molar-refractivity contribution in [2.24, 2.45) is 0 Å². The summed E-state index contributed by atoms with van der Waals surface area (Å²) >= 11 is 0. The van der Waals surface area contributed by atoms with Crippen LogP contribution in [0.5, 0.6) is 0 Å². The van der Waals surface area contributed by atoms with E-state index in [9.17, 15) is 4.39 Å². The van der Waals surface area contributed by atoms with E-state index in [0.29, 0.717) is 11.4 Å². The van der Waals surface area contributed by atoms with E-state index in [-0.39, 0.29) is 11.9 Å². The number of pyridine rings is 1. The van der Waals surface area contributed by atoms with Crippen LogP contribution >= 0.6 is 0 Å². The molecule has 0 fully saturated rings. The Hall–Kier alpha value is -2.16. The molecule has 2 nitrogen and oxygen atoms in total. The highest BCUT2D eigenvalue weighted by Crippen LogP contribution is 2.21. The van der Waals surface area contributed by atoms with Crippen molar-refractivity contribution in [3.63, 3.8) is 0 Å².